The second-order valence-electron chi connectivity index (χ2n) is 6.92. The Balaban J connectivity index is 1.56. The molecule has 8 nitrogen and oxygen atoms in total. The first-order valence-corrected chi connectivity index (χ1v) is 10.5. The van der Waals surface area contributed by atoms with Gasteiger partial charge in [0.2, 0.25) is 0 Å². The minimum atomic E-state index is -3.64. The highest BCUT2D eigenvalue weighted by Gasteiger charge is 2.38. The molecule has 1 atom stereocenters. The average Bonchev–Trinajstić information content (AvgIpc) is 3.34. The second kappa shape index (κ2) is 7.33. The number of sulfonamides is 1. The van der Waals surface area contributed by atoms with Gasteiger partial charge in [0, 0.05) is 26.0 Å². The first-order valence-electron chi connectivity index (χ1n) is 9.09. The average molecular weight is 398 g/mol. The molecule has 4 heterocycles. The fourth-order valence-corrected chi connectivity index (χ4v) is 5.03. The molecule has 3 aromatic rings. The van der Waals surface area contributed by atoms with E-state index in [2.05, 4.69) is 20.3 Å². The maximum atomic E-state index is 13.0. The third-order valence-electron chi connectivity index (χ3n) is 4.86. The number of pyridine rings is 2. The minimum absolute atomic E-state index is 0.0748. The van der Waals surface area contributed by atoms with Crippen molar-refractivity contribution in [3.8, 4) is 0 Å². The van der Waals surface area contributed by atoms with Crippen molar-refractivity contribution in [2.45, 2.75) is 30.8 Å². The summed E-state index contributed by atoms with van der Waals surface area (Å²) >= 11 is 0. The van der Waals surface area contributed by atoms with Gasteiger partial charge < -0.3 is 9.88 Å². The van der Waals surface area contributed by atoms with Gasteiger partial charge >= 0.3 is 0 Å². The van der Waals surface area contributed by atoms with E-state index in [1.807, 2.05) is 31.2 Å². The third-order valence-corrected chi connectivity index (χ3v) is 6.65. The van der Waals surface area contributed by atoms with Crippen molar-refractivity contribution in [2.75, 3.05) is 11.9 Å². The Hall–Kier alpha value is -2.78. The minimum Gasteiger partial charge on any atom is -0.339 e. The van der Waals surface area contributed by atoms with E-state index in [1.54, 1.807) is 24.0 Å². The second-order valence-corrected chi connectivity index (χ2v) is 8.75. The Morgan fingerprint density at radius 1 is 1.18 bits per heavy atom. The molecule has 0 radical (unpaired) electrons. The molecule has 1 saturated heterocycles. The summed E-state index contributed by atoms with van der Waals surface area (Å²) in [7, 11) is -1.89. The van der Waals surface area contributed by atoms with E-state index in [4.69, 9.17) is 0 Å². The summed E-state index contributed by atoms with van der Waals surface area (Å²) in [5.74, 6) is 0.775. The van der Waals surface area contributed by atoms with Crippen LogP contribution in [-0.2, 0) is 17.1 Å². The van der Waals surface area contributed by atoms with E-state index < -0.39 is 10.0 Å². The molecule has 4 rings (SSSR count). The molecular weight excluding hydrogens is 376 g/mol. The lowest BCUT2D eigenvalue weighted by Crippen LogP contribution is -2.31. The van der Waals surface area contributed by atoms with E-state index >= 15 is 0 Å². The van der Waals surface area contributed by atoms with Crippen molar-refractivity contribution >= 4 is 21.5 Å². The lowest BCUT2D eigenvalue weighted by atomic mass is 10.1. The van der Waals surface area contributed by atoms with Crippen molar-refractivity contribution < 1.29 is 8.42 Å². The molecule has 1 aliphatic heterocycles. The Morgan fingerprint density at radius 2 is 2.04 bits per heavy atom. The van der Waals surface area contributed by atoms with Gasteiger partial charge in [0.15, 0.2) is 5.03 Å². The van der Waals surface area contributed by atoms with Crippen molar-refractivity contribution in [1.82, 2.24) is 23.8 Å². The largest absolute Gasteiger partial charge is 0.339 e. The molecule has 28 heavy (non-hydrogen) atoms. The Bertz CT molecular complexity index is 1080. The van der Waals surface area contributed by atoms with Crippen LogP contribution in [0.4, 0.5) is 11.5 Å². The number of nitrogens with zero attached hydrogens (tertiary/aromatic N) is 5. The topological polar surface area (TPSA) is 93.0 Å². The summed E-state index contributed by atoms with van der Waals surface area (Å²) < 4.78 is 29.1. The van der Waals surface area contributed by atoms with Gasteiger partial charge in [0.1, 0.15) is 5.82 Å². The van der Waals surface area contributed by atoms with Gasteiger partial charge in [-0.1, -0.05) is 6.07 Å². The summed E-state index contributed by atoms with van der Waals surface area (Å²) in [5, 5.41) is 3.32. The highest BCUT2D eigenvalue weighted by molar-refractivity contribution is 7.89. The third kappa shape index (κ3) is 3.50. The van der Waals surface area contributed by atoms with Gasteiger partial charge in [-0.2, -0.15) is 4.31 Å². The van der Waals surface area contributed by atoms with Crippen molar-refractivity contribution in [1.29, 1.82) is 0 Å². The number of aryl methyl sites for hydroxylation is 2. The van der Waals surface area contributed by atoms with Crippen molar-refractivity contribution in [2.24, 2.45) is 7.05 Å². The van der Waals surface area contributed by atoms with Crippen LogP contribution in [0.3, 0.4) is 0 Å². The number of imidazole rings is 1. The zero-order valence-electron chi connectivity index (χ0n) is 15.8. The highest BCUT2D eigenvalue weighted by atomic mass is 32.2. The lowest BCUT2D eigenvalue weighted by Gasteiger charge is -2.22. The Labute approximate surface area is 164 Å². The maximum absolute atomic E-state index is 13.0. The normalized spacial score (nSPS) is 17.7. The standard InChI is InChI=1S/C19H22N6O2S/c1-14-5-3-9-20-19(14)23-15-7-8-16(21-11-15)17-6-4-10-25(17)28(26,27)18-12-24(2)13-22-18/h3,5,7-9,11-13,17H,4,6,10H2,1-2H3,(H,20,23)/t17-/m1/s1. The molecule has 0 bridgehead atoms. The van der Waals surface area contributed by atoms with Crippen LogP contribution >= 0.6 is 0 Å². The van der Waals surface area contributed by atoms with Crippen LogP contribution in [-0.4, -0.2) is 38.8 Å². The monoisotopic (exact) mass is 398 g/mol. The molecule has 0 saturated carbocycles. The van der Waals surface area contributed by atoms with E-state index in [9.17, 15) is 8.42 Å². The number of nitrogens with one attached hydrogen (secondary N) is 1. The number of aromatic nitrogens is 4. The highest BCUT2D eigenvalue weighted by Crippen LogP contribution is 2.35. The van der Waals surface area contributed by atoms with Crippen molar-refractivity contribution in [3.05, 3.63) is 60.4 Å². The molecule has 3 aromatic heterocycles. The number of hydrogen-bond donors (Lipinski definition) is 1. The molecule has 0 unspecified atom stereocenters. The van der Waals surface area contributed by atoms with Crippen LogP contribution < -0.4 is 5.32 Å². The SMILES string of the molecule is Cc1cccnc1Nc1ccc([C@H]2CCCN2S(=O)(=O)c2cn(C)cn2)nc1. The fraction of sp³-hybridized carbons (Fsp3) is 0.316. The molecule has 1 fully saturated rings. The zero-order valence-corrected chi connectivity index (χ0v) is 16.6. The Kier molecular flexibility index (Phi) is 4.86. The molecule has 146 valence electrons. The van der Waals surface area contributed by atoms with Crippen LogP contribution in [0.25, 0.3) is 0 Å². The van der Waals surface area contributed by atoms with Crippen molar-refractivity contribution in [3.63, 3.8) is 0 Å². The maximum Gasteiger partial charge on any atom is 0.262 e. The van der Waals surface area contributed by atoms with Gasteiger partial charge in [0.05, 0.1) is 29.9 Å². The first kappa shape index (κ1) is 18.6. The van der Waals surface area contributed by atoms with Gasteiger partial charge in [-0.25, -0.2) is 18.4 Å². The summed E-state index contributed by atoms with van der Waals surface area (Å²) in [6.45, 7) is 2.45. The summed E-state index contributed by atoms with van der Waals surface area (Å²) in [5.41, 5.74) is 2.58. The van der Waals surface area contributed by atoms with Gasteiger partial charge in [-0.15, -0.1) is 0 Å². The fourth-order valence-electron chi connectivity index (χ4n) is 3.40. The number of rotatable bonds is 5. The Morgan fingerprint density at radius 3 is 2.71 bits per heavy atom. The van der Waals surface area contributed by atoms with E-state index in [0.717, 1.165) is 35.6 Å². The molecule has 9 heteroatoms. The van der Waals surface area contributed by atoms with Crippen LogP contribution in [0.5, 0.6) is 0 Å². The number of anilines is 2. The van der Waals surface area contributed by atoms with Gasteiger partial charge in [-0.05, 0) is 43.5 Å². The van der Waals surface area contributed by atoms with Gasteiger partial charge in [-0.3, -0.25) is 4.98 Å². The molecular formula is C19H22N6O2S. The predicted molar refractivity (Wildman–Crippen MR) is 106 cm³/mol. The summed E-state index contributed by atoms with van der Waals surface area (Å²) in [6, 6.07) is 7.37. The first-order chi connectivity index (χ1) is 13.4. The van der Waals surface area contributed by atoms with Crippen LogP contribution in [0.2, 0.25) is 0 Å². The zero-order chi connectivity index (χ0) is 19.7. The quantitative estimate of drug-likeness (QED) is 0.710. The van der Waals surface area contributed by atoms with Crippen LogP contribution in [0.1, 0.15) is 30.1 Å². The predicted octanol–water partition coefficient (Wildman–Crippen LogP) is 2.79. The molecule has 0 aliphatic carbocycles. The van der Waals surface area contributed by atoms with E-state index in [0.29, 0.717) is 6.54 Å². The van der Waals surface area contributed by atoms with Crippen LogP contribution in [0, 0.1) is 6.92 Å². The molecule has 1 aliphatic rings. The molecule has 0 amide bonds. The van der Waals surface area contributed by atoms with Crippen LogP contribution in [0.15, 0.2) is 54.2 Å². The lowest BCUT2D eigenvalue weighted by molar-refractivity contribution is 0.389. The molecule has 0 aromatic carbocycles. The van der Waals surface area contributed by atoms with E-state index in [-0.39, 0.29) is 11.1 Å². The van der Waals surface area contributed by atoms with Gasteiger partial charge in [0.25, 0.3) is 10.0 Å². The molecule has 1 N–H and O–H groups in total. The smallest absolute Gasteiger partial charge is 0.262 e. The van der Waals surface area contributed by atoms with E-state index in [1.165, 1.54) is 16.8 Å². The number of hydrogen-bond acceptors (Lipinski definition) is 6. The summed E-state index contributed by atoms with van der Waals surface area (Å²) in [6.07, 6.45) is 8.01. The molecule has 0 spiro atoms. The summed E-state index contributed by atoms with van der Waals surface area (Å²) in [4.78, 5) is 12.9.